The van der Waals surface area contributed by atoms with E-state index in [9.17, 15) is 0 Å². The van der Waals surface area contributed by atoms with E-state index >= 15 is 0 Å². The molecule has 2 heterocycles. The van der Waals surface area contributed by atoms with E-state index in [1.807, 2.05) is 18.2 Å². The smallest absolute Gasteiger partial charge is 0.0722 e. The molecule has 0 N–H and O–H groups in total. The highest BCUT2D eigenvalue weighted by molar-refractivity contribution is 6.14. The van der Waals surface area contributed by atoms with Gasteiger partial charge in [0, 0.05) is 22.1 Å². The zero-order chi connectivity index (χ0) is 33.3. The summed E-state index contributed by atoms with van der Waals surface area (Å²) in [6, 6.07) is 68.7. The van der Waals surface area contributed by atoms with Crippen LogP contribution in [0.3, 0.4) is 0 Å². The zero-order valence-electron chi connectivity index (χ0n) is 27.4. The standard InChI is InChI=1S/C48H32N2/c1-5-14-33(15-6-1)43-32-47(37-20-11-4-12-21-37)49-44-27-26-34-24-25-40(29-42(34)48(43)44)38-22-13-23-39(28-38)41-30-45(35-16-7-2-8-17-35)50-46(31-41)36-18-9-3-10-19-36/h1-32H. The van der Waals surface area contributed by atoms with Crippen molar-refractivity contribution in [3.05, 3.63) is 194 Å². The van der Waals surface area contributed by atoms with E-state index in [1.165, 1.54) is 32.8 Å². The minimum absolute atomic E-state index is 0.959. The Morgan fingerprint density at radius 1 is 0.280 bits per heavy atom. The average Bonchev–Trinajstić information content (AvgIpc) is 3.21. The van der Waals surface area contributed by atoms with Crippen molar-refractivity contribution in [3.63, 3.8) is 0 Å². The summed E-state index contributed by atoms with van der Waals surface area (Å²) in [5, 5.41) is 3.55. The molecule has 0 aliphatic rings. The van der Waals surface area contributed by atoms with Gasteiger partial charge in [-0.2, -0.15) is 0 Å². The Balaban J connectivity index is 1.20. The lowest BCUT2D eigenvalue weighted by Gasteiger charge is -2.14. The predicted octanol–water partition coefficient (Wildman–Crippen LogP) is 12.8. The second-order valence-corrected chi connectivity index (χ2v) is 12.6. The Morgan fingerprint density at radius 3 is 1.32 bits per heavy atom. The number of benzene rings is 7. The summed E-state index contributed by atoms with van der Waals surface area (Å²) in [5.74, 6) is 0. The molecule has 0 saturated carbocycles. The third kappa shape index (κ3) is 5.63. The SMILES string of the molecule is c1ccc(-c2cc(-c3cccc(-c4ccc5ccc6nc(-c7ccccc7)cc(-c7ccccc7)c6c5c4)c3)cc(-c3ccccc3)n2)cc1. The van der Waals surface area contributed by atoms with Crippen LogP contribution in [0.1, 0.15) is 0 Å². The Morgan fingerprint density at radius 2 is 0.740 bits per heavy atom. The van der Waals surface area contributed by atoms with Gasteiger partial charge >= 0.3 is 0 Å². The van der Waals surface area contributed by atoms with Gasteiger partial charge in [-0.05, 0) is 80.6 Å². The molecule has 50 heavy (non-hydrogen) atoms. The van der Waals surface area contributed by atoms with Crippen LogP contribution >= 0.6 is 0 Å². The number of hydrogen-bond donors (Lipinski definition) is 0. The van der Waals surface area contributed by atoms with E-state index in [0.717, 1.165) is 56.0 Å². The lowest BCUT2D eigenvalue weighted by atomic mass is 9.92. The molecule has 0 spiro atoms. The molecule has 0 saturated heterocycles. The van der Waals surface area contributed by atoms with Crippen LogP contribution in [0.15, 0.2) is 194 Å². The highest BCUT2D eigenvalue weighted by atomic mass is 14.7. The largest absolute Gasteiger partial charge is 0.248 e. The summed E-state index contributed by atoms with van der Waals surface area (Å²) in [6.45, 7) is 0. The molecule has 0 fully saturated rings. The fourth-order valence-corrected chi connectivity index (χ4v) is 6.93. The summed E-state index contributed by atoms with van der Waals surface area (Å²) in [6.07, 6.45) is 0. The third-order valence-electron chi connectivity index (χ3n) is 9.44. The van der Waals surface area contributed by atoms with Crippen LogP contribution in [0, 0.1) is 0 Å². The molecule has 234 valence electrons. The lowest BCUT2D eigenvalue weighted by molar-refractivity contribution is 1.32. The highest BCUT2D eigenvalue weighted by Crippen LogP contribution is 2.39. The molecule has 0 unspecified atom stereocenters. The van der Waals surface area contributed by atoms with Crippen molar-refractivity contribution in [1.82, 2.24) is 9.97 Å². The second kappa shape index (κ2) is 12.8. The summed E-state index contributed by atoms with van der Waals surface area (Å²) in [7, 11) is 0. The van der Waals surface area contributed by atoms with Crippen LogP contribution in [0.2, 0.25) is 0 Å². The van der Waals surface area contributed by atoms with Gasteiger partial charge in [-0.15, -0.1) is 0 Å². The number of hydrogen-bond acceptors (Lipinski definition) is 2. The third-order valence-corrected chi connectivity index (χ3v) is 9.44. The van der Waals surface area contributed by atoms with Gasteiger partial charge < -0.3 is 0 Å². The monoisotopic (exact) mass is 636 g/mol. The van der Waals surface area contributed by atoms with Crippen LogP contribution in [-0.4, -0.2) is 9.97 Å². The second-order valence-electron chi connectivity index (χ2n) is 12.6. The zero-order valence-corrected chi connectivity index (χ0v) is 27.4. The first-order valence-electron chi connectivity index (χ1n) is 17.0. The molecular formula is C48H32N2. The topological polar surface area (TPSA) is 25.8 Å². The number of aromatic nitrogens is 2. The van der Waals surface area contributed by atoms with Crippen molar-refractivity contribution in [2.45, 2.75) is 0 Å². The van der Waals surface area contributed by atoms with E-state index in [0.29, 0.717) is 0 Å². The van der Waals surface area contributed by atoms with Crippen LogP contribution in [-0.2, 0) is 0 Å². The summed E-state index contributed by atoms with van der Waals surface area (Å²) >= 11 is 0. The Kier molecular flexibility index (Phi) is 7.53. The van der Waals surface area contributed by atoms with Crippen LogP contribution < -0.4 is 0 Å². The fraction of sp³-hybridized carbons (Fsp3) is 0. The first-order valence-corrected chi connectivity index (χ1v) is 17.0. The van der Waals surface area contributed by atoms with Gasteiger partial charge in [0.25, 0.3) is 0 Å². The Bertz CT molecular complexity index is 2560. The molecule has 0 atom stereocenters. The summed E-state index contributed by atoms with van der Waals surface area (Å²) < 4.78 is 0. The fourth-order valence-electron chi connectivity index (χ4n) is 6.93. The lowest BCUT2D eigenvalue weighted by Crippen LogP contribution is -1.92. The van der Waals surface area contributed by atoms with Gasteiger partial charge in [0.15, 0.2) is 0 Å². The van der Waals surface area contributed by atoms with E-state index in [1.54, 1.807) is 0 Å². The maximum absolute atomic E-state index is 5.20. The van der Waals surface area contributed by atoms with E-state index < -0.39 is 0 Å². The van der Waals surface area contributed by atoms with Crippen molar-refractivity contribution in [3.8, 4) is 67.2 Å². The molecular weight excluding hydrogens is 605 g/mol. The maximum Gasteiger partial charge on any atom is 0.0722 e. The predicted molar refractivity (Wildman–Crippen MR) is 210 cm³/mol. The molecule has 2 aromatic heterocycles. The molecule has 0 radical (unpaired) electrons. The minimum atomic E-state index is 0.959. The maximum atomic E-state index is 5.20. The molecule has 7 aromatic carbocycles. The van der Waals surface area contributed by atoms with Crippen molar-refractivity contribution >= 4 is 21.7 Å². The van der Waals surface area contributed by atoms with Gasteiger partial charge in [-0.1, -0.05) is 158 Å². The van der Waals surface area contributed by atoms with E-state index in [4.69, 9.17) is 9.97 Å². The average molecular weight is 637 g/mol. The normalized spacial score (nSPS) is 11.2. The molecule has 0 aliphatic carbocycles. The molecule has 9 aromatic rings. The van der Waals surface area contributed by atoms with Crippen molar-refractivity contribution < 1.29 is 0 Å². The van der Waals surface area contributed by atoms with Crippen molar-refractivity contribution in [2.24, 2.45) is 0 Å². The molecule has 9 rings (SSSR count). The number of fused-ring (bicyclic) bond motifs is 3. The number of pyridine rings is 2. The molecule has 0 amide bonds. The van der Waals surface area contributed by atoms with Crippen molar-refractivity contribution in [2.75, 3.05) is 0 Å². The first-order chi connectivity index (χ1) is 24.8. The number of rotatable bonds is 6. The van der Waals surface area contributed by atoms with Gasteiger partial charge in [-0.25, -0.2) is 9.97 Å². The van der Waals surface area contributed by atoms with Crippen molar-refractivity contribution in [1.29, 1.82) is 0 Å². The molecule has 2 heteroatoms. The highest BCUT2D eigenvalue weighted by Gasteiger charge is 2.15. The number of nitrogens with zero attached hydrogens (tertiary/aromatic N) is 2. The minimum Gasteiger partial charge on any atom is -0.248 e. The van der Waals surface area contributed by atoms with E-state index in [-0.39, 0.29) is 0 Å². The summed E-state index contributed by atoms with van der Waals surface area (Å²) in [5.41, 5.74) is 14.2. The molecule has 2 nitrogen and oxygen atoms in total. The van der Waals surface area contributed by atoms with Gasteiger partial charge in [0.2, 0.25) is 0 Å². The van der Waals surface area contributed by atoms with Gasteiger partial charge in [0.05, 0.1) is 22.6 Å². The van der Waals surface area contributed by atoms with E-state index in [2.05, 4.69) is 176 Å². The Labute approximate surface area is 292 Å². The van der Waals surface area contributed by atoms with Crippen LogP contribution in [0.4, 0.5) is 0 Å². The van der Waals surface area contributed by atoms with Crippen LogP contribution in [0.5, 0.6) is 0 Å². The molecule has 0 bridgehead atoms. The first kappa shape index (κ1) is 29.5. The summed E-state index contributed by atoms with van der Waals surface area (Å²) in [4.78, 5) is 10.3. The quantitative estimate of drug-likeness (QED) is 0.170. The molecule has 0 aliphatic heterocycles. The van der Waals surface area contributed by atoms with Gasteiger partial charge in [0.1, 0.15) is 0 Å². The Hall–Kier alpha value is -6.64. The van der Waals surface area contributed by atoms with Gasteiger partial charge in [-0.3, -0.25) is 0 Å². The van der Waals surface area contributed by atoms with Crippen LogP contribution in [0.25, 0.3) is 88.8 Å².